The Labute approximate surface area is 146 Å². The van der Waals surface area contributed by atoms with Crippen LogP contribution in [-0.4, -0.2) is 53.4 Å². The summed E-state index contributed by atoms with van der Waals surface area (Å²) in [4.78, 5) is 36.5. The lowest BCUT2D eigenvalue weighted by Crippen LogP contribution is -2.50. The number of nitrogens with one attached hydrogen (secondary N) is 1. The molecule has 130 valence electrons. The highest BCUT2D eigenvalue weighted by molar-refractivity contribution is 5.94. The van der Waals surface area contributed by atoms with Crippen LogP contribution in [0.3, 0.4) is 0 Å². The van der Waals surface area contributed by atoms with Crippen molar-refractivity contribution in [2.45, 2.75) is 13.0 Å². The second kappa shape index (κ2) is 7.29. The summed E-state index contributed by atoms with van der Waals surface area (Å²) in [5.41, 5.74) is 1.51. The molecule has 7 heteroatoms. The lowest BCUT2D eigenvalue weighted by Gasteiger charge is -2.41. The Morgan fingerprint density at radius 2 is 1.92 bits per heavy atom. The summed E-state index contributed by atoms with van der Waals surface area (Å²) in [6.45, 7) is 3.42. The summed E-state index contributed by atoms with van der Waals surface area (Å²) >= 11 is 0. The fraction of sp³-hybridized carbons (Fsp3) is 0.333. The molecular formula is C18H21N5O2. The van der Waals surface area contributed by atoms with E-state index >= 15 is 0 Å². The quantitative estimate of drug-likeness (QED) is 0.910. The third-order valence-corrected chi connectivity index (χ3v) is 4.38. The monoisotopic (exact) mass is 339 g/mol. The number of carbonyl (C=O) groups is 2. The lowest BCUT2D eigenvalue weighted by atomic mass is 9.99. The summed E-state index contributed by atoms with van der Waals surface area (Å²) < 4.78 is 0. The van der Waals surface area contributed by atoms with Crippen molar-refractivity contribution in [3.63, 3.8) is 0 Å². The fourth-order valence-corrected chi connectivity index (χ4v) is 3.11. The highest BCUT2D eigenvalue weighted by Gasteiger charge is 2.31. The summed E-state index contributed by atoms with van der Waals surface area (Å²) in [5.74, 6) is 0.525. The van der Waals surface area contributed by atoms with E-state index < -0.39 is 0 Å². The first-order chi connectivity index (χ1) is 12.1. The normalized spacial score (nSPS) is 17.3. The number of hydrogen-bond donors (Lipinski definition) is 1. The molecule has 3 rings (SSSR count). The molecule has 1 saturated heterocycles. The first-order valence-corrected chi connectivity index (χ1v) is 8.21. The van der Waals surface area contributed by atoms with Gasteiger partial charge in [-0.15, -0.1) is 0 Å². The predicted molar refractivity (Wildman–Crippen MR) is 94.2 cm³/mol. The fourth-order valence-electron chi connectivity index (χ4n) is 3.11. The Hall–Kier alpha value is -2.96. The maximum atomic E-state index is 12.1. The Kier molecular flexibility index (Phi) is 4.92. The van der Waals surface area contributed by atoms with Crippen LogP contribution in [0.2, 0.25) is 0 Å². The van der Waals surface area contributed by atoms with Crippen molar-refractivity contribution in [1.29, 1.82) is 0 Å². The number of benzene rings is 1. The number of amides is 2. The second-order valence-electron chi connectivity index (χ2n) is 5.93. The molecule has 1 fully saturated rings. The Morgan fingerprint density at radius 3 is 2.60 bits per heavy atom. The number of nitrogens with zero attached hydrogens (tertiary/aromatic N) is 4. The van der Waals surface area contributed by atoms with Gasteiger partial charge < -0.3 is 15.1 Å². The van der Waals surface area contributed by atoms with Gasteiger partial charge in [0.15, 0.2) is 0 Å². The van der Waals surface area contributed by atoms with Gasteiger partial charge >= 0.3 is 0 Å². The molecule has 0 aliphatic carbocycles. The molecule has 2 heterocycles. The summed E-state index contributed by atoms with van der Waals surface area (Å²) in [5, 5.41) is 2.63. The van der Waals surface area contributed by atoms with E-state index in [4.69, 9.17) is 0 Å². The van der Waals surface area contributed by atoms with Gasteiger partial charge in [-0.25, -0.2) is 9.97 Å². The predicted octanol–water partition coefficient (Wildman–Crippen LogP) is 1.25. The molecule has 1 aromatic carbocycles. The molecule has 0 radical (unpaired) electrons. The molecule has 0 saturated carbocycles. The maximum absolute atomic E-state index is 12.1. The van der Waals surface area contributed by atoms with Gasteiger partial charge in [0.05, 0.1) is 6.04 Å². The Morgan fingerprint density at radius 1 is 1.16 bits per heavy atom. The van der Waals surface area contributed by atoms with Gasteiger partial charge in [0.25, 0.3) is 5.91 Å². The minimum Gasteiger partial charge on any atom is -0.355 e. The maximum Gasteiger partial charge on any atom is 0.251 e. The molecule has 1 atom stereocenters. The molecule has 2 amide bonds. The number of carbonyl (C=O) groups excluding carboxylic acids is 2. The zero-order chi connectivity index (χ0) is 17.8. The standard InChI is InChI=1S/C18H21N5O2/c1-13(24)23-10-9-22(18-20-7-4-8-21-18)12-16(23)14-5-3-6-15(11-14)17(25)19-2/h3-8,11,16H,9-10,12H2,1-2H3,(H,19,25)/t16-/m1/s1. The van der Waals surface area contributed by atoms with Crippen molar-refractivity contribution in [3.05, 3.63) is 53.9 Å². The first-order valence-electron chi connectivity index (χ1n) is 8.21. The lowest BCUT2D eigenvalue weighted by molar-refractivity contribution is -0.131. The van der Waals surface area contributed by atoms with Crippen LogP contribution < -0.4 is 10.2 Å². The summed E-state index contributed by atoms with van der Waals surface area (Å²) in [6, 6.07) is 9.02. The second-order valence-corrected chi connectivity index (χ2v) is 5.93. The van der Waals surface area contributed by atoms with E-state index in [1.807, 2.05) is 23.1 Å². The van der Waals surface area contributed by atoms with Crippen molar-refractivity contribution in [2.75, 3.05) is 31.6 Å². The van der Waals surface area contributed by atoms with Gasteiger partial charge in [-0.2, -0.15) is 0 Å². The topological polar surface area (TPSA) is 78.4 Å². The van der Waals surface area contributed by atoms with Crippen LogP contribution in [0.4, 0.5) is 5.95 Å². The molecule has 0 unspecified atom stereocenters. The average Bonchev–Trinajstić information content (AvgIpc) is 2.67. The third-order valence-electron chi connectivity index (χ3n) is 4.38. The van der Waals surface area contributed by atoms with Gasteiger partial charge in [0.2, 0.25) is 11.9 Å². The van der Waals surface area contributed by atoms with Crippen LogP contribution in [0.15, 0.2) is 42.7 Å². The Bertz CT molecular complexity index is 765. The molecule has 7 nitrogen and oxygen atoms in total. The van der Waals surface area contributed by atoms with Gasteiger partial charge in [-0.3, -0.25) is 9.59 Å². The molecular weight excluding hydrogens is 318 g/mol. The molecule has 25 heavy (non-hydrogen) atoms. The summed E-state index contributed by atoms with van der Waals surface area (Å²) in [7, 11) is 1.60. The van der Waals surface area contributed by atoms with Crippen molar-refractivity contribution in [1.82, 2.24) is 20.2 Å². The molecule has 1 aromatic heterocycles. The largest absolute Gasteiger partial charge is 0.355 e. The molecule has 2 aromatic rings. The van der Waals surface area contributed by atoms with Crippen LogP contribution >= 0.6 is 0 Å². The Balaban J connectivity index is 1.92. The number of rotatable bonds is 3. The van der Waals surface area contributed by atoms with Crippen LogP contribution in [-0.2, 0) is 4.79 Å². The van der Waals surface area contributed by atoms with Crippen LogP contribution in [0.25, 0.3) is 0 Å². The third kappa shape index (κ3) is 3.60. The van der Waals surface area contributed by atoms with Crippen molar-refractivity contribution >= 4 is 17.8 Å². The molecule has 1 N–H and O–H groups in total. The number of anilines is 1. The van der Waals surface area contributed by atoms with E-state index in [1.165, 1.54) is 0 Å². The van der Waals surface area contributed by atoms with Crippen molar-refractivity contribution in [3.8, 4) is 0 Å². The van der Waals surface area contributed by atoms with Crippen molar-refractivity contribution < 1.29 is 9.59 Å². The SMILES string of the molecule is CNC(=O)c1cccc([C@H]2CN(c3ncccn3)CCN2C(C)=O)c1. The van der Waals surface area contributed by atoms with Crippen LogP contribution in [0, 0.1) is 0 Å². The molecule has 1 aliphatic heterocycles. The molecule has 0 spiro atoms. The van der Waals surface area contributed by atoms with E-state index in [1.54, 1.807) is 38.5 Å². The average molecular weight is 339 g/mol. The van der Waals surface area contributed by atoms with Crippen LogP contribution in [0.1, 0.15) is 28.9 Å². The van der Waals surface area contributed by atoms with Crippen molar-refractivity contribution in [2.24, 2.45) is 0 Å². The zero-order valence-corrected chi connectivity index (χ0v) is 14.3. The summed E-state index contributed by atoms with van der Waals surface area (Å²) in [6.07, 6.45) is 3.42. The highest BCUT2D eigenvalue weighted by Crippen LogP contribution is 2.27. The minimum absolute atomic E-state index is 0.0176. The van der Waals surface area contributed by atoms with E-state index in [9.17, 15) is 9.59 Å². The smallest absolute Gasteiger partial charge is 0.251 e. The van der Waals surface area contributed by atoms with E-state index in [0.717, 1.165) is 5.56 Å². The number of piperazine rings is 1. The van der Waals surface area contributed by atoms with Gasteiger partial charge in [0, 0.05) is 51.6 Å². The minimum atomic E-state index is -0.153. The molecule has 1 aliphatic rings. The first kappa shape index (κ1) is 16.9. The van der Waals surface area contributed by atoms with Gasteiger partial charge in [-0.05, 0) is 23.8 Å². The number of hydrogen-bond acceptors (Lipinski definition) is 5. The van der Waals surface area contributed by atoms with E-state index in [-0.39, 0.29) is 17.9 Å². The van der Waals surface area contributed by atoms with Gasteiger partial charge in [0.1, 0.15) is 0 Å². The van der Waals surface area contributed by atoms with E-state index in [0.29, 0.717) is 31.1 Å². The highest BCUT2D eigenvalue weighted by atomic mass is 16.2. The van der Waals surface area contributed by atoms with Gasteiger partial charge in [-0.1, -0.05) is 12.1 Å². The van der Waals surface area contributed by atoms with Crippen LogP contribution in [0.5, 0.6) is 0 Å². The number of aromatic nitrogens is 2. The zero-order valence-electron chi connectivity index (χ0n) is 14.3. The molecule has 0 bridgehead atoms. The van der Waals surface area contributed by atoms with E-state index in [2.05, 4.69) is 20.2 Å².